The van der Waals surface area contributed by atoms with Crippen molar-refractivity contribution in [1.29, 1.82) is 0 Å². The van der Waals surface area contributed by atoms with E-state index in [1.807, 2.05) is 0 Å². The summed E-state index contributed by atoms with van der Waals surface area (Å²) in [7, 11) is -3.02. The molecule has 1 unspecified atom stereocenters. The molecule has 0 spiro atoms. The molecule has 1 aliphatic rings. The van der Waals surface area contributed by atoms with Gasteiger partial charge in [0.25, 0.3) is 5.56 Å². The average Bonchev–Trinajstić information content (AvgIpc) is 3.36. The van der Waals surface area contributed by atoms with E-state index in [4.69, 9.17) is 13.8 Å². The first-order valence-electron chi connectivity index (χ1n) is 11.4. The van der Waals surface area contributed by atoms with Crippen LogP contribution in [0.1, 0.15) is 25.9 Å². The maximum Gasteiger partial charge on any atom is 0.459 e. The third kappa shape index (κ3) is 5.47. The molecule has 13 nitrogen and oxygen atoms in total. The van der Waals surface area contributed by atoms with Crippen molar-refractivity contribution in [1.82, 2.24) is 19.6 Å². The zero-order valence-corrected chi connectivity index (χ0v) is 21.5. The van der Waals surface area contributed by atoms with E-state index in [0.29, 0.717) is 5.82 Å². The van der Waals surface area contributed by atoms with Gasteiger partial charge in [0, 0.05) is 6.20 Å². The molecule has 0 saturated carbocycles. The average molecular weight is 536 g/mol. The number of H-pyrrole nitrogens is 1. The molecule has 1 aromatic carbocycles. The molecule has 6 atom stereocenters. The number of fused-ring (bicyclic) bond motifs is 1. The minimum atomic E-state index is -4.21. The number of benzene rings is 1. The van der Waals surface area contributed by atoms with Crippen LogP contribution in [0.5, 0.6) is 5.75 Å². The predicted octanol–water partition coefficient (Wildman–Crippen LogP) is 1.40. The largest absolute Gasteiger partial charge is 0.468 e. The van der Waals surface area contributed by atoms with Crippen molar-refractivity contribution < 1.29 is 38.1 Å². The van der Waals surface area contributed by atoms with Crippen LogP contribution < -0.4 is 15.2 Å². The molecule has 0 bridgehead atoms. The maximum atomic E-state index is 13.6. The number of hydrogen-bond acceptors (Lipinski definition) is 10. The van der Waals surface area contributed by atoms with E-state index in [-0.39, 0.29) is 22.3 Å². The van der Waals surface area contributed by atoms with Crippen molar-refractivity contribution in [2.24, 2.45) is 0 Å². The molecular weight excluding hydrogens is 507 g/mol. The lowest BCUT2D eigenvalue weighted by atomic mass is 9.96. The first kappa shape index (κ1) is 27.0. The van der Waals surface area contributed by atoms with Gasteiger partial charge in [0.1, 0.15) is 41.1 Å². The fraction of sp³-hybridized carbons (Fsp3) is 0.435. The van der Waals surface area contributed by atoms with Gasteiger partial charge in [-0.3, -0.25) is 14.1 Å². The van der Waals surface area contributed by atoms with Crippen molar-refractivity contribution in [3.63, 3.8) is 0 Å². The van der Waals surface area contributed by atoms with Gasteiger partial charge in [-0.15, -0.1) is 0 Å². The Labute approximate surface area is 211 Å². The Morgan fingerprint density at radius 2 is 2.05 bits per heavy atom. The van der Waals surface area contributed by atoms with Gasteiger partial charge in [0.2, 0.25) is 0 Å². The van der Waals surface area contributed by atoms with Crippen LogP contribution in [0.2, 0.25) is 0 Å². The van der Waals surface area contributed by atoms with Crippen LogP contribution >= 0.6 is 7.75 Å². The summed E-state index contributed by atoms with van der Waals surface area (Å²) in [5, 5.41) is 24.8. The predicted molar refractivity (Wildman–Crippen MR) is 131 cm³/mol. The first-order chi connectivity index (χ1) is 17.4. The minimum Gasteiger partial charge on any atom is -0.468 e. The number of para-hydroxylation sites is 1. The number of aliphatic hydroxyl groups is 2. The highest BCUT2D eigenvalue weighted by Crippen LogP contribution is 2.47. The number of aliphatic hydroxyl groups excluding tert-OH is 1. The molecule has 2 aromatic heterocycles. The van der Waals surface area contributed by atoms with Crippen molar-refractivity contribution in [2.45, 2.75) is 50.8 Å². The molecule has 1 saturated heterocycles. The van der Waals surface area contributed by atoms with Gasteiger partial charge in [0.15, 0.2) is 6.23 Å². The lowest BCUT2D eigenvalue weighted by Crippen LogP contribution is -2.44. The normalized spacial score (nSPS) is 26.1. The van der Waals surface area contributed by atoms with E-state index >= 15 is 0 Å². The van der Waals surface area contributed by atoms with Crippen LogP contribution in [-0.4, -0.2) is 68.3 Å². The number of carbonyl (C=O) groups is 1. The molecule has 0 amide bonds. The van der Waals surface area contributed by atoms with E-state index in [1.54, 1.807) is 37.3 Å². The number of carbonyl (C=O) groups excluding carboxylic acids is 1. The van der Waals surface area contributed by atoms with Crippen LogP contribution in [0.4, 0.5) is 0 Å². The summed E-state index contributed by atoms with van der Waals surface area (Å²) in [6.07, 6.45) is -2.28. The minimum absolute atomic E-state index is 0.207. The first-order valence-corrected chi connectivity index (χ1v) is 13.0. The quantitative estimate of drug-likeness (QED) is 0.230. The number of methoxy groups -OCH3 is 1. The smallest absolute Gasteiger partial charge is 0.459 e. The number of esters is 1. The molecule has 0 radical (unpaired) electrons. The van der Waals surface area contributed by atoms with Gasteiger partial charge in [0.05, 0.1) is 19.1 Å². The maximum absolute atomic E-state index is 13.6. The standard InChI is InChI=1S/C23H29N4O9P/c1-13(21(30)33-4)26-37(32,36-15-8-6-5-7-9-15)34-12-17-18(28)23(3,31)22(35-17)27-11-10-16-19(27)24-14(2)25-20(16)29/h5-11,13,17-18,22,28,31H,12H2,1-4H3,(H,26,32)(H,24,25,29)/t13-,17-,18-,22-,23-,37?/m1/s1. The van der Waals surface area contributed by atoms with Crippen LogP contribution in [0.3, 0.4) is 0 Å². The molecule has 0 aliphatic carbocycles. The molecule has 200 valence electrons. The molecule has 37 heavy (non-hydrogen) atoms. The highest BCUT2D eigenvalue weighted by atomic mass is 31.2. The van der Waals surface area contributed by atoms with Gasteiger partial charge < -0.3 is 33.8 Å². The van der Waals surface area contributed by atoms with Gasteiger partial charge >= 0.3 is 13.7 Å². The van der Waals surface area contributed by atoms with Gasteiger partial charge in [-0.25, -0.2) is 9.55 Å². The Balaban J connectivity index is 1.57. The number of nitrogens with one attached hydrogen (secondary N) is 2. The van der Waals surface area contributed by atoms with Crippen molar-refractivity contribution >= 4 is 24.7 Å². The van der Waals surface area contributed by atoms with Crippen molar-refractivity contribution in [3.05, 3.63) is 58.8 Å². The molecule has 1 aliphatic heterocycles. The van der Waals surface area contributed by atoms with E-state index in [9.17, 15) is 24.4 Å². The molecule has 1 fully saturated rings. The summed E-state index contributed by atoms with van der Waals surface area (Å²) in [5.41, 5.74) is -1.94. The lowest BCUT2D eigenvalue weighted by molar-refractivity contribution is -0.142. The topological polar surface area (TPSA) is 174 Å². The van der Waals surface area contributed by atoms with Crippen LogP contribution in [0.15, 0.2) is 47.4 Å². The third-order valence-electron chi connectivity index (χ3n) is 5.99. The number of ether oxygens (including phenoxy) is 2. The third-order valence-corrected chi connectivity index (χ3v) is 7.63. The highest BCUT2D eigenvalue weighted by Gasteiger charge is 2.54. The highest BCUT2D eigenvalue weighted by molar-refractivity contribution is 7.52. The van der Waals surface area contributed by atoms with Crippen molar-refractivity contribution in [3.8, 4) is 5.75 Å². The number of nitrogens with zero attached hydrogens (tertiary/aromatic N) is 2. The fourth-order valence-electron chi connectivity index (χ4n) is 4.07. The summed E-state index contributed by atoms with van der Waals surface area (Å²) >= 11 is 0. The molecule has 14 heteroatoms. The molecule has 3 heterocycles. The Morgan fingerprint density at radius 3 is 2.73 bits per heavy atom. The SMILES string of the molecule is COC(=O)[C@@H](C)NP(=O)(OC[C@H]1O[C@@H](n2ccc3c(=O)[nH]c(C)nc32)[C@](C)(O)[C@@H]1O)Oc1ccccc1. The molecule has 3 aromatic rings. The Bertz CT molecular complexity index is 1370. The lowest BCUT2D eigenvalue weighted by Gasteiger charge is -2.27. The van der Waals surface area contributed by atoms with E-state index in [0.717, 1.165) is 0 Å². The van der Waals surface area contributed by atoms with Gasteiger partial charge in [-0.05, 0) is 39.0 Å². The van der Waals surface area contributed by atoms with E-state index < -0.39 is 50.4 Å². The molecular formula is C23H29N4O9P. The van der Waals surface area contributed by atoms with Crippen molar-refractivity contribution in [2.75, 3.05) is 13.7 Å². The Hall–Kier alpha value is -3.06. The van der Waals surface area contributed by atoms with Crippen LogP contribution in [-0.2, 0) is 23.4 Å². The Morgan fingerprint density at radius 1 is 1.35 bits per heavy atom. The van der Waals surface area contributed by atoms with Gasteiger partial charge in [-0.1, -0.05) is 18.2 Å². The summed E-state index contributed by atoms with van der Waals surface area (Å²) in [6.45, 7) is 3.92. The van der Waals surface area contributed by atoms with Gasteiger partial charge in [-0.2, -0.15) is 5.09 Å². The zero-order valence-electron chi connectivity index (χ0n) is 20.7. The van der Waals surface area contributed by atoms with Crippen LogP contribution in [0.25, 0.3) is 11.0 Å². The number of hydrogen-bond donors (Lipinski definition) is 4. The number of aromatic amines is 1. The summed E-state index contributed by atoms with van der Waals surface area (Å²) in [4.78, 5) is 31.1. The molecule has 4 N–H and O–H groups in total. The Kier molecular flexibility index (Phi) is 7.56. The fourth-order valence-corrected chi connectivity index (χ4v) is 5.57. The summed E-state index contributed by atoms with van der Waals surface area (Å²) in [6, 6.07) is 8.64. The summed E-state index contributed by atoms with van der Waals surface area (Å²) in [5.74, 6) is -0.128. The second-order valence-corrected chi connectivity index (χ2v) is 10.6. The van der Waals surface area contributed by atoms with Crippen LogP contribution in [0, 0.1) is 6.92 Å². The monoisotopic (exact) mass is 536 g/mol. The number of aromatic nitrogens is 3. The second-order valence-electron chi connectivity index (χ2n) is 8.88. The number of aryl methyl sites for hydroxylation is 1. The molecule has 4 rings (SSSR count). The zero-order chi connectivity index (χ0) is 27.0. The second kappa shape index (κ2) is 10.4. The summed E-state index contributed by atoms with van der Waals surface area (Å²) < 4.78 is 36.8. The van der Waals surface area contributed by atoms with E-state index in [1.165, 1.54) is 37.8 Å². The van der Waals surface area contributed by atoms with E-state index in [2.05, 4.69) is 19.8 Å². The number of rotatable bonds is 9.